The number of nitrogens with two attached hydrogens (primary N) is 1. The molecule has 3 rings (SSSR count). The Morgan fingerprint density at radius 3 is 2.75 bits per heavy atom. The van der Waals surface area contributed by atoms with E-state index in [-0.39, 0.29) is 37.2 Å². The van der Waals surface area contributed by atoms with E-state index in [1.54, 1.807) is 18.2 Å². The fourth-order valence-corrected chi connectivity index (χ4v) is 3.50. The molecule has 4 N–H and O–H groups in total. The Kier molecular flexibility index (Phi) is 7.31. The van der Waals surface area contributed by atoms with E-state index in [4.69, 9.17) is 15.2 Å². The highest BCUT2D eigenvalue weighted by Gasteiger charge is 2.24. The highest BCUT2D eigenvalue weighted by atomic mass is 16.5. The van der Waals surface area contributed by atoms with Crippen LogP contribution in [-0.2, 0) is 27.3 Å². The zero-order valence-electron chi connectivity index (χ0n) is 18.1. The Labute approximate surface area is 184 Å². The molecule has 0 bridgehead atoms. The second kappa shape index (κ2) is 10.1. The Morgan fingerprint density at radius 2 is 2.03 bits per heavy atom. The van der Waals surface area contributed by atoms with E-state index in [9.17, 15) is 19.2 Å². The van der Waals surface area contributed by atoms with E-state index in [0.29, 0.717) is 31.6 Å². The molecule has 172 valence electrons. The summed E-state index contributed by atoms with van der Waals surface area (Å²) in [6, 6.07) is 5.14. The van der Waals surface area contributed by atoms with E-state index in [1.807, 2.05) is 6.92 Å². The highest BCUT2D eigenvalue weighted by molar-refractivity contribution is 5.96. The molecule has 0 spiro atoms. The molecular weight excluding hydrogens is 418 g/mol. The lowest BCUT2D eigenvalue weighted by atomic mass is 10.0. The van der Waals surface area contributed by atoms with E-state index in [0.717, 1.165) is 11.3 Å². The molecule has 2 aromatic rings. The van der Waals surface area contributed by atoms with E-state index in [1.165, 1.54) is 16.6 Å². The normalized spacial score (nSPS) is 12.8. The van der Waals surface area contributed by atoms with Gasteiger partial charge in [-0.2, -0.15) is 0 Å². The molecule has 0 radical (unpaired) electrons. The van der Waals surface area contributed by atoms with Gasteiger partial charge < -0.3 is 20.5 Å². The number of amides is 2. The average molecular weight is 445 g/mol. The van der Waals surface area contributed by atoms with Gasteiger partial charge in [-0.05, 0) is 36.6 Å². The fourth-order valence-electron chi connectivity index (χ4n) is 3.50. The van der Waals surface area contributed by atoms with Crippen LogP contribution in [0.15, 0.2) is 27.8 Å². The van der Waals surface area contributed by atoms with Gasteiger partial charge in [-0.1, -0.05) is 6.92 Å². The van der Waals surface area contributed by atoms with Crippen molar-refractivity contribution >= 4 is 29.0 Å². The number of nitrogen functional groups attached to an aromatic ring is 1. The predicted molar refractivity (Wildman–Crippen MR) is 119 cm³/mol. The van der Waals surface area contributed by atoms with Crippen LogP contribution >= 0.6 is 0 Å². The van der Waals surface area contributed by atoms with Gasteiger partial charge in [0.1, 0.15) is 11.6 Å². The van der Waals surface area contributed by atoms with Crippen molar-refractivity contribution in [2.24, 2.45) is 0 Å². The van der Waals surface area contributed by atoms with Gasteiger partial charge in [0.25, 0.3) is 11.5 Å². The number of rotatable bonds is 9. The maximum atomic E-state index is 13.0. The number of methoxy groups -OCH3 is 1. The second-order valence-corrected chi connectivity index (χ2v) is 7.34. The number of carbonyl (C=O) groups is 2. The summed E-state index contributed by atoms with van der Waals surface area (Å²) in [5.41, 5.74) is 6.25. The van der Waals surface area contributed by atoms with Gasteiger partial charge >= 0.3 is 5.69 Å². The summed E-state index contributed by atoms with van der Waals surface area (Å²) in [5, 5.41) is 2.78. The van der Waals surface area contributed by atoms with Gasteiger partial charge in [0.05, 0.1) is 6.61 Å². The van der Waals surface area contributed by atoms with Crippen molar-refractivity contribution in [1.29, 1.82) is 0 Å². The number of aromatic nitrogens is 2. The quantitative estimate of drug-likeness (QED) is 0.508. The number of benzene rings is 1. The number of carbonyl (C=O) groups excluding carboxylic acids is 2. The lowest BCUT2D eigenvalue weighted by molar-refractivity contribution is -0.120. The van der Waals surface area contributed by atoms with Crippen molar-refractivity contribution < 1.29 is 19.1 Å². The minimum Gasteiger partial charge on any atom is -0.484 e. The summed E-state index contributed by atoms with van der Waals surface area (Å²) < 4.78 is 12.0. The molecule has 0 fully saturated rings. The molecule has 0 saturated heterocycles. The maximum Gasteiger partial charge on any atom is 0.330 e. The van der Waals surface area contributed by atoms with Crippen molar-refractivity contribution in [3.63, 3.8) is 0 Å². The van der Waals surface area contributed by atoms with Crippen molar-refractivity contribution in [3.8, 4) is 5.75 Å². The second-order valence-electron chi connectivity index (χ2n) is 7.34. The molecule has 11 nitrogen and oxygen atoms in total. The van der Waals surface area contributed by atoms with Crippen molar-refractivity contribution in [2.75, 3.05) is 42.8 Å². The first-order chi connectivity index (χ1) is 15.3. The third-order valence-corrected chi connectivity index (χ3v) is 5.09. The third-order valence-electron chi connectivity index (χ3n) is 5.09. The summed E-state index contributed by atoms with van der Waals surface area (Å²) in [6.45, 7) is 1.99. The zero-order valence-corrected chi connectivity index (χ0v) is 18.1. The number of aromatic amines is 1. The molecule has 0 unspecified atom stereocenters. The topological polar surface area (TPSA) is 149 Å². The first-order valence-corrected chi connectivity index (χ1v) is 10.3. The molecule has 0 saturated carbocycles. The minimum absolute atomic E-state index is 0.0395. The van der Waals surface area contributed by atoms with Crippen LogP contribution in [0.4, 0.5) is 17.2 Å². The Hall–Kier alpha value is -3.60. The van der Waals surface area contributed by atoms with Crippen LogP contribution in [0.5, 0.6) is 5.75 Å². The molecule has 1 aromatic carbocycles. The van der Waals surface area contributed by atoms with Crippen LogP contribution < -0.4 is 31.9 Å². The molecule has 2 amide bonds. The lowest BCUT2D eigenvalue weighted by Gasteiger charge is -2.24. The molecule has 0 atom stereocenters. The number of nitrogens with zero attached hydrogens (tertiary/aromatic N) is 2. The van der Waals surface area contributed by atoms with Crippen LogP contribution in [0.3, 0.4) is 0 Å². The Bertz CT molecular complexity index is 1120. The number of hydrogen-bond acceptors (Lipinski definition) is 7. The predicted octanol–water partition coefficient (Wildman–Crippen LogP) is 0.472. The highest BCUT2D eigenvalue weighted by Crippen LogP contribution is 2.27. The van der Waals surface area contributed by atoms with Gasteiger partial charge in [-0.3, -0.25) is 28.8 Å². The first-order valence-electron chi connectivity index (χ1n) is 10.3. The summed E-state index contributed by atoms with van der Waals surface area (Å²) >= 11 is 0. The standard InChI is InChI=1S/C21H27N5O6/c1-3-8-26-19(22)18(20(29)24-21(26)30)25(9-10-31-2)17(28)12-32-14-5-6-15-13(11-14)4-7-16(27)23-15/h5-6,11H,3-4,7-10,12,22H2,1-2H3,(H,23,27)(H,24,29,30). The SMILES string of the molecule is CCCn1c(N)c(N(CCOC)C(=O)COc2ccc3c(c2)CCC(=O)N3)c(=O)[nH]c1=O. The minimum atomic E-state index is -0.756. The van der Waals surface area contributed by atoms with E-state index < -0.39 is 17.2 Å². The Morgan fingerprint density at radius 1 is 1.25 bits per heavy atom. The number of fused-ring (bicyclic) bond motifs is 1. The molecule has 11 heteroatoms. The molecule has 2 heterocycles. The van der Waals surface area contributed by atoms with Crippen LogP contribution in [0.1, 0.15) is 25.3 Å². The zero-order chi connectivity index (χ0) is 23.3. The van der Waals surface area contributed by atoms with Crippen LogP contribution in [-0.4, -0.2) is 48.2 Å². The van der Waals surface area contributed by atoms with Crippen molar-refractivity contribution in [2.45, 2.75) is 32.7 Å². The van der Waals surface area contributed by atoms with E-state index in [2.05, 4.69) is 10.3 Å². The lowest BCUT2D eigenvalue weighted by Crippen LogP contribution is -2.44. The van der Waals surface area contributed by atoms with Gasteiger partial charge in [-0.25, -0.2) is 4.79 Å². The molecule has 1 aromatic heterocycles. The van der Waals surface area contributed by atoms with Gasteiger partial charge in [0, 0.05) is 32.3 Å². The number of ether oxygens (including phenoxy) is 2. The van der Waals surface area contributed by atoms with Crippen LogP contribution in [0, 0.1) is 0 Å². The third kappa shape index (κ3) is 4.99. The number of anilines is 3. The summed E-state index contributed by atoms with van der Waals surface area (Å²) in [4.78, 5) is 52.5. The number of hydrogen-bond donors (Lipinski definition) is 3. The largest absolute Gasteiger partial charge is 0.484 e. The monoisotopic (exact) mass is 445 g/mol. The first kappa shape index (κ1) is 23.1. The van der Waals surface area contributed by atoms with Crippen LogP contribution in [0.25, 0.3) is 0 Å². The van der Waals surface area contributed by atoms with Gasteiger partial charge in [0.15, 0.2) is 12.3 Å². The van der Waals surface area contributed by atoms with Crippen molar-refractivity contribution in [3.05, 3.63) is 44.6 Å². The Balaban J connectivity index is 1.83. The molecule has 1 aliphatic heterocycles. The number of aryl methyl sites for hydroxylation is 1. The van der Waals surface area contributed by atoms with Crippen LogP contribution in [0.2, 0.25) is 0 Å². The average Bonchev–Trinajstić information content (AvgIpc) is 2.77. The molecule has 1 aliphatic rings. The molecule has 0 aliphatic carbocycles. The van der Waals surface area contributed by atoms with Gasteiger partial charge in [0.2, 0.25) is 5.91 Å². The molecular formula is C21H27N5O6. The smallest absolute Gasteiger partial charge is 0.330 e. The summed E-state index contributed by atoms with van der Waals surface area (Å²) in [7, 11) is 1.47. The number of nitrogens with one attached hydrogen (secondary N) is 2. The van der Waals surface area contributed by atoms with Crippen molar-refractivity contribution in [1.82, 2.24) is 9.55 Å². The number of H-pyrrole nitrogens is 1. The summed E-state index contributed by atoms with van der Waals surface area (Å²) in [6.07, 6.45) is 1.58. The van der Waals surface area contributed by atoms with Gasteiger partial charge in [-0.15, -0.1) is 0 Å². The molecule has 32 heavy (non-hydrogen) atoms. The maximum absolute atomic E-state index is 13.0. The van der Waals surface area contributed by atoms with E-state index >= 15 is 0 Å². The summed E-state index contributed by atoms with van der Waals surface area (Å²) in [5.74, 6) is -0.193. The fraction of sp³-hybridized carbons (Fsp3) is 0.429.